The predicted molar refractivity (Wildman–Crippen MR) is 122 cm³/mol. The Labute approximate surface area is 193 Å². The number of likely N-dealkylation sites (tertiary alicyclic amines) is 1. The molecule has 0 atom stereocenters. The van der Waals surface area contributed by atoms with E-state index in [0.29, 0.717) is 38.1 Å². The molecule has 1 fully saturated rings. The molecule has 0 saturated carbocycles. The van der Waals surface area contributed by atoms with E-state index in [1.165, 1.54) is 6.07 Å². The first-order valence-electron chi connectivity index (χ1n) is 11.1. The van der Waals surface area contributed by atoms with Crippen molar-refractivity contribution in [2.24, 2.45) is 5.92 Å². The summed E-state index contributed by atoms with van der Waals surface area (Å²) < 4.78 is 10.3. The van der Waals surface area contributed by atoms with Crippen molar-refractivity contribution in [1.29, 1.82) is 0 Å². The summed E-state index contributed by atoms with van der Waals surface area (Å²) >= 11 is 0. The van der Waals surface area contributed by atoms with Gasteiger partial charge in [-0.25, -0.2) is 4.79 Å². The molecule has 0 bridgehead atoms. The highest BCUT2D eigenvalue weighted by molar-refractivity contribution is 6.14. The molecule has 1 heterocycles. The zero-order valence-electron chi connectivity index (χ0n) is 19.3. The molecule has 3 rings (SSSR count). The van der Waals surface area contributed by atoms with Crippen LogP contribution >= 0.6 is 0 Å². The van der Waals surface area contributed by atoms with Gasteiger partial charge in [0.05, 0.1) is 18.1 Å². The smallest absolute Gasteiger partial charge is 0.339 e. The summed E-state index contributed by atoms with van der Waals surface area (Å²) in [6, 6.07) is 11.8. The summed E-state index contributed by atoms with van der Waals surface area (Å²) in [5, 5.41) is 0. The number of aryl methyl sites for hydroxylation is 2. The van der Waals surface area contributed by atoms with Gasteiger partial charge in [-0.3, -0.25) is 14.4 Å². The number of esters is 2. The Kier molecular flexibility index (Phi) is 7.98. The minimum Gasteiger partial charge on any atom is -0.466 e. The average molecular weight is 452 g/mol. The van der Waals surface area contributed by atoms with Crippen molar-refractivity contribution >= 4 is 23.6 Å². The lowest BCUT2D eigenvalue weighted by atomic mass is 9.96. The quantitative estimate of drug-likeness (QED) is 0.473. The first-order chi connectivity index (χ1) is 15.8. The number of rotatable bonds is 7. The third kappa shape index (κ3) is 5.86. The number of nitrogens with zero attached hydrogens (tertiary/aromatic N) is 1. The highest BCUT2D eigenvalue weighted by Crippen LogP contribution is 2.20. The maximum atomic E-state index is 13.0. The molecule has 1 aliphatic rings. The molecule has 0 radical (unpaired) electrons. The van der Waals surface area contributed by atoms with E-state index in [0.717, 1.165) is 11.1 Å². The number of ether oxygens (including phenoxy) is 2. The standard InChI is InChI=1S/C26H29NO6/c1-4-32-25(30)19-11-13-27(14-12-19)23(28)16-33-26(31)22-8-6-5-7-21(22)24(29)20-10-9-17(2)18(3)15-20/h5-10,15,19H,4,11-14,16H2,1-3H3. The van der Waals surface area contributed by atoms with Gasteiger partial charge in [-0.2, -0.15) is 0 Å². The van der Waals surface area contributed by atoms with E-state index in [-0.39, 0.29) is 34.7 Å². The van der Waals surface area contributed by atoms with Gasteiger partial charge in [0.15, 0.2) is 12.4 Å². The van der Waals surface area contributed by atoms with Crippen LogP contribution in [0.5, 0.6) is 0 Å². The van der Waals surface area contributed by atoms with Crippen LogP contribution in [0.25, 0.3) is 0 Å². The topological polar surface area (TPSA) is 90.0 Å². The SMILES string of the molecule is CCOC(=O)C1CCN(C(=O)COC(=O)c2ccccc2C(=O)c2ccc(C)c(C)c2)CC1. The first kappa shape index (κ1) is 24.2. The number of carbonyl (C=O) groups excluding carboxylic acids is 4. The van der Waals surface area contributed by atoms with Gasteiger partial charge in [0.1, 0.15) is 0 Å². The van der Waals surface area contributed by atoms with E-state index in [1.54, 1.807) is 42.2 Å². The number of hydrogen-bond acceptors (Lipinski definition) is 6. The van der Waals surface area contributed by atoms with Crippen LogP contribution < -0.4 is 0 Å². The summed E-state index contributed by atoms with van der Waals surface area (Å²) in [6.07, 6.45) is 1.04. The molecule has 0 aliphatic carbocycles. The van der Waals surface area contributed by atoms with Crippen molar-refractivity contribution < 1.29 is 28.7 Å². The molecule has 1 saturated heterocycles. The summed E-state index contributed by atoms with van der Waals surface area (Å²) in [7, 11) is 0. The Balaban J connectivity index is 1.61. The normalized spacial score (nSPS) is 14.0. The maximum Gasteiger partial charge on any atom is 0.339 e. The molecule has 1 aliphatic heterocycles. The molecule has 0 spiro atoms. The van der Waals surface area contributed by atoms with Crippen molar-refractivity contribution in [3.8, 4) is 0 Å². The van der Waals surface area contributed by atoms with Crippen LogP contribution in [0, 0.1) is 19.8 Å². The van der Waals surface area contributed by atoms with E-state index in [2.05, 4.69) is 0 Å². The van der Waals surface area contributed by atoms with Gasteiger partial charge in [0, 0.05) is 24.2 Å². The maximum absolute atomic E-state index is 13.0. The Morgan fingerprint density at radius 1 is 0.909 bits per heavy atom. The molecular weight excluding hydrogens is 422 g/mol. The van der Waals surface area contributed by atoms with Crippen LogP contribution in [-0.2, 0) is 19.1 Å². The van der Waals surface area contributed by atoms with Crippen LogP contribution in [-0.4, -0.2) is 54.8 Å². The third-order valence-electron chi connectivity index (χ3n) is 5.96. The summed E-state index contributed by atoms with van der Waals surface area (Å²) in [6.45, 7) is 6.37. The van der Waals surface area contributed by atoms with Gasteiger partial charge in [-0.15, -0.1) is 0 Å². The molecule has 0 unspecified atom stereocenters. The molecule has 0 aromatic heterocycles. The van der Waals surface area contributed by atoms with Crippen molar-refractivity contribution in [2.75, 3.05) is 26.3 Å². The fourth-order valence-electron chi connectivity index (χ4n) is 3.82. The Hall–Kier alpha value is -3.48. The Morgan fingerprint density at radius 3 is 2.21 bits per heavy atom. The average Bonchev–Trinajstić information content (AvgIpc) is 2.83. The first-order valence-corrected chi connectivity index (χ1v) is 11.1. The van der Waals surface area contributed by atoms with Crippen LogP contribution in [0.15, 0.2) is 42.5 Å². The fraction of sp³-hybridized carbons (Fsp3) is 0.385. The molecule has 2 aromatic rings. The number of benzene rings is 2. The van der Waals surface area contributed by atoms with Crippen LogP contribution in [0.3, 0.4) is 0 Å². The summed E-state index contributed by atoms with van der Waals surface area (Å²) in [4.78, 5) is 51.7. The molecule has 7 heteroatoms. The Bertz CT molecular complexity index is 1050. The van der Waals surface area contributed by atoms with E-state index < -0.39 is 12.6 Å². The molecule has 174 valence electrons. The predicted octanol–water partition coefficient (Wildman–Crippen LogP) is 3.49. The van der Waals surface area contributed by atoms with Gasteiger partial charge >= 0.3 is 11.9 Å². The van der Waals surface area contributed by atoms with E-state index in [1.807, 2.05) is 19.9 Å². The Morgan fingerprint density at radius 2 is 1.58 bits per heavy atom. The highest BCUT2D eigenvalue weighted by atomic mass is 16.5. The number of amides is 1. The lowest BCUT2D eigenvalue weighted by Crippen LogP contribution is -2.42. The lowest BCUT2D eigenvalue weighted by molar-refractivity contribution is -0.151. The van der Waals surface area contributed by atoms with Crippen molar-refractivity contribution in [1.82, 2.24) is 4.90 Å². The van der Waals surface area contributed by atoms with E-state index in [9.17, 15) is 19.2 Å². The third-order valence-corrected chi connectivity index (χ3v) is 5.96. The van der Waals surface area contributed by atoms with Crippen LogP contribution in [0.4, 0.5) is 0 Å². The van der Waals surface area contributed by atoms with E-state index in [4.69, 9.17) is 9.47 Å². The number of ketones is 1. The molecule has 2 aromatic carbocycles. The molecule has 33 heavy (non-hydrogen) atoms. The fourth-order valence-corrected chi connectivity index (χ4v) is 3.82. The molecule has 7 nitrogen and oxygen atoms in total. The second-order valence-corrected chi connectivity index (χ2v) is 8.16. The van der Waals surface area contributed by atoms with Gasteiger partial charge in [0.25, 0.3) is 5.91 Å². The summed E-state index contributed by atoms with van der Waals surface area (Å²) in [5.74, 6) is -1.78. The van der Waals surface area contributed by atoms with Crippen LogP contribution in [0.2, 0.25) is 0 Å². The number of hydrogen-bond donors (Lipinski definition) is 0. The number of piperidine rings is 1. The zero-order chi connectivity index (χ0) is 24.0. The molecular formula is C26H29NO6. The second-order valence-electron chi connectivity index (χ2n) is 8.16. The number of carbonyl (C=O) groups is 4. The minimum absolute atomic E-state index is 0.120. The lowest BCUT2D eigenvalue weighted by Gasteiger charge is -2.30. The van der Waals surface area contributed by atoms with Crippen molar-refractivity contribution in [2.45, 2.75) is 33.6 Å². The van der Waals surface area contributed by atoms with Crippen molar-refractivity contribution in [3.05, 3.63) is 70.3 Å². The van der Waals surface area contributed by atoms with E-state index >= 15 is 0 Å². The molecule has 0 N–H and O–H groups in total. The van der Waals surface area contributed by atoms with Crippen molar-refractivity contribution in [3.63, 3.8) is 0 Å². The second kappa shape index (κ2) is 10.9. The molecule has 1 amide bonds. The van der Waals surface area contributed by atoms with Crippen LogP contribution in [0.1, 0.15) is 57.2 Å². The van der Waals surface area contributed by atoms with Gasteiger partial charge < -0.3 is 14.4 Å². The largest absolute Gasteiger partial charge is 0.466 e. The summed E-state index contributed by atoms with van der Waals surface area (Å²) in [5.41, 5.74) is 2.89. The van der Waals surface area contributed by atoms with Gasteiger partial charge in [0.2, 0.25) is 0 Å². The monoisotopic (exact) mass is 451 g/mol. The zero-order valence-corrected chi connectivity index (χ0v) is 19.3. The van der Waals surface area contributed by atoms with Gasteiger partial charge in [-0.1, -0.05) is 30.3 Å². The van der Waals surface area contributed by atoms with Gasteiger partial charge in [-0.05, 0) is 56.9 Å². The highest BCUT2D eigenvalue weighted by Gasteiger charge is 2.29. The minimum atomic E-state index is -0.724.